The van der Waals surface area contributed by atoms with E-state index in [0.717, 1.165) is 9.87 Å². The normalized spacial score (nSPS) is 12.0. The van der Waals surface area contributed by atoms with Gasteiger partial charge in [-0.2, -0.15) is 0 Å². The van der Waals surface area contributed by atoms with Gasteiger partial charge in [0.25, 0.3) is 10.0 Å². The molecule has 0 heterocycles. The molecule has 0 unspecified atom stereocenters. The van der Waals surface area contributed by atoms with E-state index in [0.29, 0.717) is 21.3 Å². The second kappa shape index (κ2) is 11.8. The number of nitrogens with one attached hydrogen (secondary N) is 1. The van der Waals surface area contributed by atoms with Gasteiger partial charge < -0.3 is 10.2 Å². The maximum atomic E-state index is 13.7. The van der Waals surface area contributed by atoms with Gasteiger partial charge in [0.05, 0.1) is 10.6 Å². The van der Waals surface area contributed by atoms with Crippen LogP contribution < -0.4 is 9.62 Å². The Balaban J connectivity index is 2.03. The molecule has 0 radical (unpaired) electrons. The van der Waals surface area contributed by atoms with E-state index in [9.17, 15) is 18.0 Å². The topological polar surface area (TPSA) is 86.8 Å². The fourth-order valence-corrected chi connectivity index (χ4v) is 5.49. The van der Waals surface area contributed by atoms with Gasteiger partial charge >= 0.3 is 0 Å². The molecule has 0 fully saturated rings. The zero-order chi connectivity index (χ0) is 26.5. The van der Waals surface area contributed by atoms with Crippen molar-refractivity contribution in [1.82, 2.24) is 10.2 Å². The number of sulfonamides is 1. The number of aryl methyl sites for hydroxylation is 1. The quantitative estimate of drug-likeness (QED) is 0.422. The molecule has 3 aromatic carbocycles. The van der Waals surface area contributed by atoms with E-state index in [2.05, 4.69) is 5.32 Å². The Hall–Kier alpha value is -3.07. The van der Waals surface area contributed by atoms with Crippen molar-refractivity contribution in [1.29, 1.82) is 0 Å². The van der Waals surface area contributed by atoms with Gasteiger partial charge in [0, 0.05) is 23.6 Å². The average molecular weight is 548 g/mol. The third kappa shape index (κ3) is 6.37. The number of hydrogen-bond donors (Lipinski definition) is 1. The van der Waals surface area contributed by atoms with Crippen LogP contribution in [0.25, 0.3) is 0 Å². The van der Waals surface area contributed by atoms with E-state index in [-0.39, 0.29) is 11.4 Å². The Labute approximate surface area is 221 Å². The number of hydrogen-bond acceptors (Lipinski definition) is 4. The summed E-state index contributed by atoms with van der Waals surface area (Å²) in [7, 11) is -2.62. The molecule has 1 atom stereocenters. The van der Waals surface area contributed by atoms with Crippen molar-refractivity contribution < 1.29 is 18.0 Å². The summed E-state index contributed by atoms with van der Waals surface area (Å²) >= 11 is 12.3. The standard InChI is InChI=1S/C26H27Cl2N3O4S/c1-18-9-13-22(14-10-18)31(36(34,35)23-7-5-4-6-8-23)17-25(32)30(19(2)26(33)29-3)16-20-11-12-21(27)15-24(20)28/h4-15,19H,16-17H2,1-3H3,(H,29,33)/t19-/m0/s1. The van der Waals surface area contributed by atoms with Gasteiger partial charge in [0.15, 0.2) is 0 Å². The summed E-state index contributed by atoms with van der Waals surface area (Å²) in [6, 6.07) is 18.7. The molecular weight excluding hydrogens is 521 g/mol. The van der Waals surface area contributed by atoms with E-state index in [1.165, 1.54) is 24.1 Å². The van der Waals surface area contributed by atoms with Gasteiger partial charge in [-0.15, -0.1) is 0 Å². The van der Waals surface area contributed by atoms with Crippen molar-refractivity contribution in [2.24, 2.45) is 0 Å². The SMILES string of the molecule is CNC(=O)[C@H](C)N(Cc1ccc(Cl)cc1Cl)C(=O)CN(c1ccc(C)cc1)S(=O)(=O)c1ccccc1. The number of carbonyl (C=O) groups is 2. The molecule has 0 aliphatic carbocycles. The first-order chi connectivity index (χ1) is 17.0. The van der Waals surface area contributed by atoms with Crippen LogP contribution in [0.4, 0.5) is 5.69 Å². The largest absolute Gasteiger partial charge is 0.357 e. The molecule has 0 bridgehead atoms. The van der Waals surface area contributed by atoms with E-state index in [1.54, 1.807) is 67.6 Å². The van der Waals surface area contributed by atoms with Gasteiger partial charge in [-0.25, -0.2) is 8.42 Å². The molecule has 3 aromatic rings. The summed E-state index contributed by atoms with van der Waals surface area (Å²) < 4.78 is 28.3. The lowest BCUT2D eigenvalue weighted by molar-refractivity contribution is -0.139. The minimum absolute atomic E-state index is 0.0173. The predicted molar refractivity (Wildman–Crippen MR) is 143 cm³/mol. The highest BCUT2D eigenvalue weighted by atomic mass is 35.5. The van der Waals surface area contributed by atoms with Crippen LogP contribution in [-0.2, 0) is 26.2 Å². The lowest BCUT2D eigenvalue weighted by atomic mass is 10.1. The second-order valence-electron chi connectivity index (χ2n) is 8.21. The Bertz CT molecular complexity index is 1330. The summed E-state index contributed by atoms with van der Waals surface area (Å²) in [5, 5.41) is 3.30. The molecule has 0 aliphatic rings. The molecule has 2 amide bonds. The van der Waals surface area contributed by atoms with Crippen LogP contribution in [0.1, 0.15) is 18.1 Å². The fourth-order valence-electron chi connectivity index (χ4n) is 3.58. The van der Waals surface area contributed by atoms with Gasteiger partial charge in [-0.1, -0.05) is 65.2 Å². The number of likely N-dealkylation sites (N-methyl/N-ethyl adjacent to an activating group) is 1. The summed E-state index contributed by atoms with van der Waals surface area (Å²) in [5.41, 5.74) is 1.84. The molecule has 0 aromatic heterocycles. The minimum atomic E-state index is -4.09. The molecule has 0 saturated carbocycles. The third-order valence-electron chi connectivity index (χ3n) is 5.70. The Kier molecular flexibility index (Phi) is 9.00. The van der Waals surface area contributed by atoms with Crippen LogP contribution in [0.2, 0.25) is 10.0 Å². The highest BCUT2D eigenvalue weighted by molar-refractivity contribution is 7.92. The fraction of sp³-hybridized carbons (Fsp3) is 0.231. The average Bonchev–Trinajstić information content (AvgIpc) is 2.87. The molecule has 7 nitrogen and oxygen atoms in total. The van der Waals surface area contributed by atoms with Gasteiger partial charge in [0.1, 0.15) is 12.6 Å². The predicted octanol–water partition coefficient (Wildman–Crippen LogP) is 4.66. The zero-order valence-electron chi connectivity index (χ0n) is 20.1. The van der Waals surface area contributed by atoms with Crippen LogP contribution in [0, 0.1) is 6.92 Å². The van der Waals surface area contributed by atoms with Crippen molar-refractivity contribution in [3.63, 3.8) is 0 Å². The smallest absolute Gasteiger partial charge is 0.264 e. The Morgan fingerprint density at radius 2 is 1.61 bits per heavy atom. The van der Waals surface area contributed by atoms with Gasteiger partial charge in [-0.3, -0.25) is 13.9 Å². The third-order valence-corrected chi connectivity index (χ3v) is 8.08. The molecule has 0 saturated heterocycles. The first-order valence-corrected chi connectivity index (χ1v) is 13.3. The van der Waals surface area contributed by atoms with Crippen LogP contribution in [0.3, 0.4) is 0 Å². The first-order valence-electron chi connectivity index (χ1n) is 11.1. The van der Waals surface area contributed by atoms with Crippen LogP contribution in [0.15, 0.2) is 77.7 Å². The number of benzene rings is 3. The number of amides is 2. The van der Waals surface area contributed by atoms with Crippen LogP contribution in [0.5, 0.6) is 0 Å². The summed E-state index contributed by atoms with van der Waals surface area (Å²) in [4.78, 5) is 27.5. The van der Waals surface area contributed by atoms with E-state index in [1.807, 2.05) is 6.92 Å². The highest BCUT2D eigenvalue weighted by Gasteiger charge is 2.32. The molecule has 10 heteroatoms. The first kappa shape index (κ1) is 27.5. The highest BCUT2D eigenvalue weighted by Crippen LogP contribution is 2.26. The van der Waals surface area contributed by atoms with Crippen molar-refractivity contribution in [3.8, 4) is 0 Å². The van der Waals surface area contributed by atoms with Crippen LogP contribution >= 0.6 is 23.2 Å². The molecular formula is C26H27Cl2N3O4S. The maximum absolute atomic E-state index is 13.7. The molecule has 3 rings (SSSR count). The minimum Gasteiger partial charge on any atom is -0.357 e. The molecule has 190 valence electrons. The molecule has 36 heavy (non-hydrogen) atoms. The van der Waals surface area contributed by atoms with Gasteiger partial charge in [-0.05, 0) is 55.8 Å². The van der Waals surface area contributed by atoms with Crippen molar-refractivity contribution in [2.75, 3.05) is 17.9 Å². The number of nitrogens with zero attached hydrogens (tertiary/aromatic N) is 2. The van der Waals surface area contributed by atoms with Crippen LogP contribution in [-0.4, -0.2) is 44.8 Å². The summed E-state index contributed by atoms with van der Waals surface area (Å²) in [5.74, 6) is -0.974. The summed E-state index contributed by atoms with van der Waals surface area (Å²) in [6.45, 7) is 2.92. The zero-order valence-corrected chi connectivity index (χ0v) is 22.4. The van der Waals surface area contributed by atoms with E-state index in [4.69, 9.17) is 23.2 Å². The number of anilines is 1. The van der Waals surface area contributed by atoms with Crippen molar-refractivity contribution in [2.45, 2.75) is 31.3 Å². The molecule has 0 spiro atoms. The lowest BCUT2D eigenvalue weighted by Gasteiger charge is -2.32. The summed E-state index contributed by atoms with van der Waals surface area (Å²) in [6.07, 6.45) is 0. The number of carbonyl (C=O) groups excluding carboxylic acids is 2. The molecule has 0 aliphatic heterocycles. The van der Waals surface area contributed by atoms with E-state index < -0.39 is 34.4 Å². The Morgan fingerprint density at radius 1 is 0.972 bits per heavy atom. The second-order valence-corrected chi connectivity index (χ2v) is 10.9. The maximum Gasteiger partial charge on any atom is 0.264 e. The van der Waals surface area contributed by atoms with Crippen molar-refractivity contribution in [3.05, 3.63) is 94.0 Å². The lowest BCUT2D eigenvalue weighted by Crippen LogP contribution is -2.50. The monoisotopic (exact) mass is 547 g/mol. The van der Waals surface area contributed by atoms with Crippen molar-refractivity contribution >= 4 is 50.7 Å². The Morgan fingerprint density at radius 3 is 2.19 bits per heavy atom. The van der Waals surface area contributed by atoms with Gasteiger partial charge in [0.2, 0.25) is 11.8 Å². The number of rotatable bonds is 9. The number of halogens is 2. The molecule has 1 N–H and O–H groups in total. The van der Waals surface area contributed by atoms with E-state index >= 15 is 0 Å².